The number of aromatic nitrogens is 2. The van der Waals surface area contributed by atoms with E-state index in [-0.39, 0.29) is 5.56 Å². The van der Waals surface area contributed by atoms with Crippen molar-refractivity contribution in [3.8, 4) is 28.8 Å². The number of aromatic amines is 1. The minimum Gasteiger partial charge on any atom is -0.490 e. The van der Waals surface area contributed by atoms with Crippen LogP contribution in [0.25, 0.3) is 11.3 Å². The Hall–Kier alpha value is -2.95. The molecule has 29 heavy (non-hydrogen) atoms. The predicted octanol–water partition coefficient (Wildman–Crippen LogP) is 4.66. The third kappa shape index (κ3) is 4.91. The molecule has 0 saturated carbocycles. The van der Waals surface area contributed by atoms with Crippen LogP contribution in [0.3, 0.4) is 0 Å². The monoisotopic (exact) mass is 427 g/mol. The Bertz CT molecular complexity index is 1120. The number of thioether (sulfide) groups is 1. The van der Waals surface area contributed by atoms with Crippen LogP contribution in [-0.2, 0) is 6.61 Å². The quantitative estimate of drug-likeness (QED) is 0.435. The van der Waals surface area contributed by atoms with E-state index in [1.807, 2.05) is 31.2 Å². The molecule has 0 saturated heterocycles. The van der Waals surface area contributed by atoms with E-state index in [1.165, 1.54) is 11.8 Å². The summed E-state index contributed by atoms with van der Waals surface area (Å²) in [6, 6.07) is 14.6. The largest absolute Gasteiger partial charge is 0.490 e. The zero-order valence-corrected chi connectivity index (χ0v) is 17.4. The van der Waals surface area contributed by atoms with E-state index in [0.29, 0.717) is 46.1 Å². The zero-order valence-electron chi connectivity index (χ0n) is 15.9. The average Bonchev–Trinajstić information content (AvgIpc) is 2.72. The van der Waals surface area contributed by atoms with E-state index in [2.05, 4.69) is 9.97 Å². The highest BCUT2D eigenvalue weighted by Gasteiger charge is 2.16. The number of benzene rings is 2. The van der Waals surface area contributed by atoms with Gasteiger partial charge in [0.1, 0.15) is 18.2 Å². The van der Waals surface area contributed by atoms with Crippen molar-refractivity contribution in [2.45, 2.75) is 18.7 Å². The summed E-state index contributed by atoms with van der Waals surface area (Å²) < 4.78 is 11.6. The van der Waals surface area contributed by atoms with Crippen LogP contribution in [0.5, 0.6) is 11.5 Å². The number of halogens is 1. The summed E-state index contributed by atoms with van der Waals surface area (Å²) in [4.78, 5) is 19.2. The van der Waals surface area contributed by atoms with Crippen LogP contribution in [0.15, 0.2) is 52.4 Å². The van der Waals surface area contributed by atoms with Gasteiger partial charge in [-0.1, -0.05) is 35.5 Å². The van der Waals surface area contributed by atoms with Crippen molar-refractivity contribution in [1.29, 1.82) is 5.26 Å². The molecule has 1 N–H and O–H groups in total. The second-order valence-electron chi connectivity index (χ2n) is 5.92. The Morgan fingerprint density at radius 1 is 1.21 bits per heavy atom. The van der Waals surface area contributed by atoms with Crippen LogP contribution in [0.2, 0.25) is 5.02 Å². The Kier molecular flexibility index (Phi) is 6.81. The summed E-state index contributed by atoms with van der Waals surface area (Å²) in [7, 11) is 0. The highest BCUT2D eigenvalue weighted by atomic mass is 35.5. The minimum absolute atomic E-state index is 0.0437. The molecule has 0 spiro atoms. The lowest BCUT2D eigenvalue weighted by atomic mass is 10.1. The van der Waals surface area contributed by atoms with Gasteiger partial charge in [-0.15, -0.1) is 0 Å². The van der Waals surface area contributed by atoms with E-state index in [1.54, 1.807) is 30.5 Å². The smallest absolute Gasteiger partial charge is 0.270 e. The zero-order chi connectivity index (χ0) is 20.8. The van der Waals surface area contributed by atoms with Crippen LogP contribution < -0.4 is 15.0 Å². The fraction of sp³-hybridized carbons (Fsp3) is 0.190. The SMILES string of the molecule is CCOc1cc(-c2nc(SC)[nH]c(=O)c2C#N)ccc1OCc1cccc(Cl)c1. The lowest BCUT2D eigenvalue weighted by Crippen LogP contribution is -2.14. The van der Waals surface area contributed by atoms with Crippen molar-refractivity contribution < 1.29 is 9.47 Å². The molecule has 148 valence electrons. The Morgan fingerprint density at radius 3 is 2.72 bits per heavy atom. The maximum atomic E-state index is 12.2. The van der Waals surface area contributed by atoms with Crippen molar-refractivity contribution in [3.63, 3.8) is 0 Å². The minimum atomic E-state index is -0.471. The molecule has 0 aliphatic carbocycles. The number of nitrogens with one attached hydrogen (secondary N) is 1. The third-order valence-corrected chi connectivity index (χ3v) is 4.82. The Balaban J connectivity index is 1.97. The normalized spacial score (nSPS) is 10.4. The number of hydrogen-bond donors (Lipinski definition) is 1. The summed E-state index contributed by atoms with van der Waals surface area (Å²) in [5, 5.41) is 10.5. The van der Waals surface area contributed by atoms with E-state index in [9.17, 15) is 10.1 Å². The van der Waals surface area contributed by atoms with Gasteiger partial charge in [0.2, 0.25) is 0 Å². The molecule has 8 heteroatoms. The molecule has 0 aliphatic rings. The van der Waals surface area contributed by atoms with Gasteiger partial charge in [0.25, 0.3) is 5.56 Å². The fourth-order valence-corrected chi connectivity index (χ4v) is 3.28. The van der Waals surface area contributed by atoms with E-state index < -0.39 is 5.56 Å². The molecule has 0 bridgehead atoms. The maximum Gasteiger partial charge on any atom is 0.270 e. The van der Waals surface area contributed by atoms with Crippen LogP contribution in [0, 0.1) is 11.3 Å². The second kappa shape index (κ2) is 9.50. The topological polar surface area (TPSA) is 88.0 Å². The first kappa shape index (κ1) is 20.8. The molecular formula is C21H18ClN3O3S. The third-order valence-electron chi connectivity index (χ3n) is 4.00. The van der Waals surface area contributed by atoms with E-state index in [0.717, 1.165) is 5.56 Å². The fourth-order valence-electron chi connectivity index (χ4n) is 2.69. The van der Waals surface area contributed by atoms with Crippen LogP contribution in [0.4, 0.5) is 0 Å². The van der Waals surface area contributed by atoms with E-state index >= 15 is 0 Å². The van der Waals surface area contributed by atoms with Gasteiger partial charge < -0.3 is 14.5 Å². The summed E-state index contributed by atoms with van der Waals surface area (Å²) >= 11 is 7.31. The number of nitrogens with zero attached hydrogens (tertiary/aromatic N) is 2. The lowest BCUT2D eigenvalue weighted by molar-refractivity contribution is 0.269. The number of H-pyrrole nitrogens is 1. The highest BCUT2D eigenvalue weighted by Crippen LogP contribution is 2.33. The van der Waals surface area contributed by atoms with Crippen molar-refractivity contribution in [3.05, 3.63) is 69.0 Å². The Morgan fingerprint density at radius 2 is 2.03 bits per heavy atom. The molecule has 6 nitrogen and oxygen atoms in total. The Labute approximate surface area is 177 Å². The molecule has 3 aromatic rings. The molecule has 1 aromatic heterocycles. The van der Waals surface area contributed by atoms with Crippen molar-refractivity contribution in [2.75, 3.05) is 12.9 Å². The predicted molar refractivity (Wildman–Crippen MR) is 114 cm³/mol. The van der Waals surface area contributed by atoms with Crippen LogP contribution in [-0.4, -0.2) is 22.8 Å². The number of ether oxygens (including phenoxy) is 2. The summed E-state index contributed by atoms with van der Waals surface area (Å²) in [5.41, 5.74) is 1.32. The molecule has 0 unspecified atom stereocenters. The first-order valence-electron chi connectivity index (χ1n) is 8.78. The number of rotatable bonds is 7. The van der Waals surface area contributed by atoms with Gasteiger partial charge in [0.15, 0.2) is 16.7 Å². The highest BCUT2D eigenvalue weighted by molar-refractivity contribution is 7.98. The van der Waals surface area contributed by atoms with E-state index in [4.69, 9.17) is 21.1 Å². The molecule has 2 aromatic carbocycles. The lowest BCUT2D eigenvalue weighted by Gasteiger charge is -2.14. The summed E-state index contributed by atoms with van der Waals surface area (Å²) in [6.07, 6.45) is 1.80. The van der Waals surface area contributed by atoms with Crippen LogP contribution >= 0.6 is 23.4 Å². The first-order valence-corrected chi connectivity index (χ1v) is 10.4. The molecule has 0 amide bonds. The van der Waals surface area contributed by atoms with Crippen molar-refractivity contribution >= 4 is 23.4 Å². The standard InChI is InChI=1S/C21H18ClN3O3S/c1-3-27-18-10-14(19-16(11-23)20(26)25-21(24-19)29-2)7-8-17(18)28-12-13-5-4-6-15(22)9-13/h4-10H,3,12H2,1-2H3,(H,24,25,26). The van der Waals surface area contributed by atoms with Gasteiger partial charge in [0, 0.05) is 10.6 Å². The molecular weight excluding hydrogens is 410 g/mol. The summed E-state index contributed by atoms with van der Waals surface area (Å²) in [5.74, 6) is 1.05. The van der Waals surface area contributed by atoms with Gasteiger partial charge >= 0.3 is 0 Å². The van der Waals surface area contributed by atoms with Gasteiger partial charge in [-0.25, -0.2) is 4.98 Å². The van der Waals surface area contributed by atoms with Gasteiger partial charge in [0.05, 0.1) is 12.3 Å². The number of nitriles is 1. The van der Waals surface area contributed by atoms with Gasteiger partial charge in [-0.3, -0.25) is 4.79 Å². The molecule has 0 radical (unpaired) electrons. The van der Waals surface area contributed by atoms with Gasteiger partial charge in [-0.05, 0) is 49.1 Å². The van der Waals surface area contributed by atoms with Crippen molar-refractivity contribution in [1.82, 2.24) is 9.97 Å². The molecule has 1 heterocycles. The summed E-state index contributed by atoms with van der Waals surface area (Å²) in [6.45, 7) is 2.62. The number of hydrogen-bond acceptors (Lipinski definition) is 6. The molecule has 0 aliphatic heterocycles. The second-order valence-corrected chi connectivity index (χ2v) is 7.16. The van der Waals surface area contributed by atoms with Crippen molar-refractivity contribution in [2.24, 2.45) is 0 Å². The molecule has 0 fully saturated rings. The van der Waals surface area contributed by atoms with Crippen LogP contribution in [0.1, 0.15) is 18.1 Å². The maximum absolute atomic E-state index is 12.2. The molecule has 3 rings (SSSR count). The van der Waals surface area contributed by atoms with Gasteiger partial charge in [-0.2, -0.15) is 5.26 Å². The first-order chi connectivity index (χ1) is 14.0. The molecule has 0 atom stereocenters. The average molecular weight is 428 g/mol.